The molecular formula is C21H25N3O. The molecule has 1 aliphatic rings. The lowest BCUT2D eigenvalue weighted by Gasteiger charge is -2.26. The number of nitrogens with one attached hydrogen (secondary N) is 1. The van der Waals surface area contributed by atoms with Crippen LogP contribution in [0, 0.1) is 11.3 Å². The number of hydrogen-bond donors (Lipinski definition) is 2. The van der Waals surface area contributed by atoms with Gasteiger partial charge in [-0.2, -0.15) is 5.26 Å². The number of likely N-dealkylation sites (tertiary alicyclic amines) is 1. The summed E-state index contributed by atoms with van der Waals surface area (Å²) in [5.74, 6) is 0. The number of aliphatic hydroxyl groups excluding tert-OH is 1. The molecule has 0 aromatic heterocycles. The Labute approximate surface area is 149 Å². The van der Waals surface area contributed by atoms with E-state index in [1.54, 1.807) is 0 Å². The van der Waals surface area contributed by atoms with Crippen LogP contribution < -0.4 is 5.32 Å². The first-order valence-corrected chi connectivity index (χ1v) is 8.85. The Hall–Kier alpha value is -2.19. The first-order valence-electron chi connectivity index (χ1n) is 8.85. The predicted molar refractivity (Wildman–Crippen MR) is 98.8 cm³/mol. The van der Waals surface area contributed by atoms with Crippen molar-refractivity contribution in [3.8, 4) is 6.07 Å². The summed E-state index contributed by atoms with van der Waals surface area (Å²) in [6, 6.07) is 20.8. The van der Waals surface area contributed by atoms with Crippen LogP contribution in [0.4, 0.5) is 0 Å². The first-order chi connectivity index (χ1) is 12.2. The molecule has 1 fully saturated rings. The SMILES string of the molecule is C[C@H](NC[C@@H]1C[C@H](O)CN1Cc1ccccc1)c1ccc(C#N)cc1. The maximum absolute atomic E-state index is 10.1. The van der Waals surface area contributed by atoms with Gasteiger partial charge in [-0.3, -0.25) is 4.90 Å². The summed E-state index contributed by atoms with van der Waals surface area (Å²) in [6.45, 7) is 4.57. The molecule has 0 spiro atoms. The van der Waals surface area contributed by atoms with Crippen LogP contribution >= 0.6 is 0 Å². The Morgan fingerprint density at radius 1 is 1.20 bits per heavy atom. The van der Waals surface area contributed by atoms with Crippen LogP contribution in [0.5, 0.6) is 0 Å². The van der Waals surface area contributed by atoms with Crippen molar-refractivity contribution < 1.29 is 5.11 Å². The van der Waals surface area contributed by atoms with Crippen molar-refractivity contribution >= 4 is 0 Å². The van der Waals surface area contributed by atoms with E-state index >= 15 is 0 Å². The number of benzene rings is 2. The van der Waals surface area contributed by atoms with Crippen LogP contribution in [0.15, 0.2) is 54.6 Å². The number of hydrogen-bond acceptors (Lipinski definition) is 4. The predicted octanol–water partition coefficient (Wildman–Crippen LogP) is 2.84. The van der Waals surface area contributed by atoms with Gasteiger partial charge in [0.2, 0.25) is 0 Å². The monoisotopic (exact) mass is 335 g/mol. The zero-order valence-corrected chi connectivity index (χ0v) is 14.6. The molecule has 130 valence electrons. The van der Waals surface area contributed by atoms with E-state index in [0.29, 0.717) is 11.6 Å². The second kappa shape index (κ2) is 8.26. The van der Waals surface area contributed by atoms with Crippen molar-refractivity contribution in [1.82, 2.24) is 10.2 Å². The van der Waals surface area contributed by atoms with Gasteiger partial charge in [0, 0.05) is 31.7 Å². The molecule has 25 heavy (non-hydrogen) atoms. The lowest BCUT2D eigenvalue weighted by molar-refractivity contribution is 0.172. The van der Waals surface area contributed by atoms with Crippen molar-refractivity contribution in [2.75, 3.05) is 13.1 Å². The van der Waals surface area contributed by atoms with Gasteiger partial charge >= 0.3 is 0 Å². The van der Waals surface area contributed by atoms with Crippen molar-refractivity contribution in [2.24, 2.45) is 0 Å². The van der Waals surface area contributed by atoms with E-state index in [2.05, 4.69) is 47.5 Å². The minimum atomic E-state index is -0.249. The van der Waals surface area contributed by atoms with E-state index < -0.39 is 0 Å². The van der Waals surface area contributed by atoms with Gasteiger partial charge in [0.1, 0.15) is 0 Å². The van der Waals surface area contributed by atoms with Gasteiger partial charge in [0.05, 0.1) is 17.7 Å². The van der Waals surface area contributed by atoms with Crippen LogP contribution in [0.2, 0.25) is 0 Å². The molecule has 4 heteroatoms. The third-order valence-corrected chi connectivity index (χ3v) is 4.93. The highest BCUT2D eigenvalue weighted by Crippen LogP contribution is 2.21. The summed E-state index contributed by atoms with van der Waals surface area (Å²) >= 11 is 0. The number of β-amino-alcohol motifs (C(OH)–C–C–N with tert-alkyl or cyclic N) is 1. The average molecular weight is 335 g/mol. The summed E-state index contributed by atoms with van der Waals surface area (Å²) in [6.07, 6.45) is 0.556. The molecule has 0 aliphatic carbocycles. The molecule has 3 rings (SSSR count). The Morgan fingerprint density at radius 3 is 2.60 bits per heavy atom. The molecule has 0 radical (unpaired) electrons. The maximum atomic E-state index is 10.1. The maximum Gasteiger partial charge on any atom is 0.0991 e. The van der Waals surface area contributed by atoms with Gasteiger partial charge in [0.15, 0.2) is 0 Å². The average Bonchev–Trinajstić information content (AvgIpc) is 3.00. The molecule has 1 aliphatic heterocycles. The Morgan fingerprint density at radius 2 is 1.92 bits per heavy atom. The standard InChI is InChI=1S/C21H25N3O/c1-16(19-9-7-17(12-22)8-10-19)23-13-20-11-21(25)15-24(20)14-18-5-3-2-4-6-18/h2-10,16,20-21,23,25H,11,13-15H2,1H3/t16-,20-,21-/m0/s1. The zero-order chi connectivity index (χ0) is 17.6. The number of nitrogens with zero attached hydrogens (tertiary/aromatic N) is 2. The lowest BCUT2D eigenvalue weighted by Crippen LogP contribution is -2.38. The third-order valence-electron chi connectivity index (χ3n) is 4.93. The van der Waals surface area contributed by atoms with Crippen molar-refractivity contribution in [1.29, 1.82) is 5.26 Å². The molecule has 4 nitrogen and oxygen atoms in total. The Kier molecular flexibility index (Phi) is 5.83. The topological polar surface area (TPSA) is 59.3 Å². The minimum absolute atomic E-state index is 0.212. The van der Waals surface area contributed by atoms with Gasteiger partial charge < -0.3 is 10.4 Å². The molecule has 2 aromatic carbocycles. The quantitative estimate of drug-likeness (QED) is 0.852. The molecule has 1 saturated heterocycles. The largest absolute Gasteiger partial charge is 0.392 e. The summed E-state index contributed by atoms with van der Waals surface area (Å²) < 4.78 is 0. The van der Waals surface area contributed by atoms with E-state index in [0.717, 1.165) is 26.1 Å². The fraction of sp³-hybridized carbons (Fsp3) is 0.381. The van der Waals surface area contributed by atoms with E-state index in [9.17, 15) is 5.11 Å². The summed E-state index contributed by atoms with van der Waals surface area (Å²) in [5, 5.41) is 22.6. The van der Waals surface area contributed by atoms with E-state index in [-0.39, 0.29) is 12.1 Å². The van der Waals surface area contributed by atoms with Crippen LogP contribution in [0.1, 0.15) is 36.1 Å². The van der Waals surface area contributed by atoms with Gasteiger partial charge in [-0.15, -0.1) is 0 Å². The molecule has 0 bridgehead atoms. The van der Waals surface area contributed by atoms with E-state index in [4.69, 9.17) is 5.26 Å². The molecule has 0 saturated carbocycles. The number of aliphatic hydroxyl groups is 1. The van der Waals surface area contributed by atoms with Gasteiger partial charge in [-0.05, 0) is 36.6 Å². The molecule has 2 aromatic rings. The third kappa shape index (κ3) is 4.67. The fourth-order valence-corrected chi connectivity index (χ4v) is 3.46. The minimum Gasteiger partial charge on any atom is -0.392 e. The summed E-state index contributed by atoms with van der Waals surface area (Å²) in [7, 11) is 0. The Balaban J connectivity index is 1.57. The highest BCUT2D eigenvalue weighted by molar-refractivity contribution is 5.32. The molecule has 3 atom stereocenters. The Bertz CT molecular complexity index is 708. The van der Waals surface area contributed by atoms with Crippen LogP contribution in [-0.2, 0) is 6.54 Å². The second-order valence-corrected chi connectivity index (χ2v) is 6.82. The van der Waals surface area contributed by atoms with Crippen molar-refractivity contribution in [3.05, 3.63) is 71.3 Å². The van der Waals surface area contributed by atoms with Crippen molar-refractivity contribution in [2.45, 2.75) is 38.1 Å². The highest BCUT2D eigenvalue weighted by Gasteiger charge is 2.30. The van der Waals surface area contributed by atoms with Crippen LogP contribution in [0.3, 0.4) is 0 Å². The lowest BCUT2D eigenvalue weighted by atomic mass is 10.1. The summed E-state index contributed by atoms with van der Waals surface area (Å²) in [5.41, 5.74) is 3.14. The van der Waals surface area contributed by atoms with Crippen LogP contribution in [0.25, 0.3) is 0 Å². The number of nitriles is 1. The molecular weight excluding hydrogens is 310 g/mol. The van der Waals surface area contributed by atoms with Gasteiger partial charge in [-0.1, -0.05) is 42.5 Å². The highest BCUT2D eigenvalue weighted by atomic mass is 16.3. The summed E-state index contributed by atoms with van der Waals surface area (Å²) in [4.78, 5) is 2.36. The zero-order valence-electron chi connectivity index (χ0n) is 14.6. The number of rotatable bonds is 6. The molecule has 0 amide bonds. The normalized spacial score (nSPS) is 21.8. The van der Waals surface area contributed by atoms with Gasteiger partial charge in [-0.25, -0.2) is 0 Å². The second-order valence-electron chi connectivity index (χ2n) is 6.82. The molecule has 1 heterocycles. The molecule has 0 unspecified atom stereocenters. The van der Waals surface area contributed by atoms with E-state index in [1.807, 2.05) is 30.3 Å². The first kappa shape index (κ1) is 17.6. The molecule has 2 N–H and O–H groups in total. The van der Waals surface area contributed by atoms with Crippen LogP contribution in [-0.4, -0.2) is 35.2 Å². The van der Waals surface area contributed by atoms with Crippen molar-refractivity contribution in [3.63, 3.8) is 0 Å². The fourth-order valence-electron chi connectivity index (χ4n) is 3.46. The van der Waals surface area contributed by atoms with Gasteiger partial charge in [0.25, 0.3) is 0 Å². The van der Waals surface area contributed by atoms with E-state index in [1.165, 1.54) is 11.1 Å². The smallest absolute Gasteiger partial charge is 0.0991 e.